The summed E-state index contributed by atoms with van der Waals surface area (Å²) < 4.78 is 0. The Labute approximate surface area is 191 Å². The standard InChI is InChI=1S/C26H22ClNO2S/c1-15-5-6-17(3)22(13-15)28-25(29)23(19-8-7-16(2)18(4)14-19)24(26(28)30)31-21-11-9-20(27)10-12-21/h5-14H,1-4H3. The van der Waals surface area contributed by atoms with Gasteiger partial charge >= 0.3 is 0 Å². The average Bonchev–Trinajstić information content (AvgIpc) is 2.97. The Morgan fingerprint density at radius 2 is 1.42 bits per heavy atom. The molecule has 31 heavy (non-hydrogen) atoms. The number of aryl methyl sites for hydroxylation is 4. The van der Waals surface area contributed by atoms with Gasteiger partial charge < -0.3 is 0 Å². The molecule has 156 valence electrons. The second-order valence-corrected chi connectivity index (χ2v) is 9.32. The lowest BCUT2D eigenvalue weighted by Crippen LogP contribution is -2.32. The van der Waals surface area contributed by atoms with Crippen LogP contribution in [-0.2, 0) is 9.59 Å². The van der Waals surface area contributed by atoms with Crippen LogP contribution in [0.3, 0.4) is 0 Å². The molecule has 0 atom stereocenters. The minimum atomic E-state index is -0.299. The maximum atomic E-state index is 13.6. The molecule has 5 heteroatoms. The van der Waals surface area contributed by atoms with Crippen LogP contribution >= 0.6 is 23.4 Å². The quantitative estimate of drug-likeness (QED) is 0.420. The molecule has 0 aliphatic carbocycles. The van der Waals surface area contributed by atoms with Crippen molar-refractivity contribution in [1.29, 1.82) is 0 Å². The summed E-state index contributed by atoms with van der Waals surface area (Å²) in [5, 5.41) is 0.624. The first-order valence-corrected chi connectivity index (χ1v) is 11.2. The van der Waals surface area contributed by atoms with Crippen molar-refractivity contribution in [2.45, 2.75) is 32.6 Å². The Morgan fingerprint density at radius 1 is 0.742 bits per heavy atom. The minimum absolute atomic E-state index is 0.293. The molecule has 0 saturated carbocycles. The number of anilines is 1. The van der Waals surface area contributed by atoms with E-state index >= 15 is 0 Å². The van der Waals surface area contributed by atoms with Gasteiger partial charge in [0.25, 0.3) is 11.8 Å². The second kappa shape index (κ2) is 8.37. The molecule has 0 aromatic heterocycles. The van der Waals surface area contributed by atoms with Crippen LogP contribution in [0, 0.1) is 27.7 Å². The first-order chi connectivity index (χ1) is 14.8. The lowest BCUT2D eigenvalue weighted by molar-refractivity contribution is -0.119. The summed E-state index contributed by atoms with van der Waals surface area (Å²) in [6.07, 6.45) is 0. The Bertz CT molecular complexity index is 1240. The molecule has 0 saturated heterocycles. The number of thioether (sulfide) groups is 1. The highest BCUT2D eigenvalue weighted by atomic mass is 35.5. The van der Waals surface area contributed by atoms with Gasteiger partial charge in [0.1, 0.15) is 0 Å². The molecule has 0 fully saturated rings. The fourth-order valence-electron chi connectivity index (χ4n) is 3.56. The van der Waals surface area contributed by atoms with Gasteiger partial charge in [-0.05, 0) is 85.8 Å². The van der Waals surface area contributed by atoms with E-state index in [2.05, 4.69) is 0 Å². The fourth-order valence-corrected chi connectivity index (χ4v) is 4.68. The first-order valence-electron chi connectivity index (χ1n) is 9.97. The summed E-state index contributed by atoms with van der Waals surface area (Å²) in [6.45, 7) is 7.90. The molecule has 3 aromatic rings. The van der Waals surface area contributed by atoms with E-state index in [4.69, 9.17) is 11.6 Å². The molecule has 1 heterocycles. The van der Waals surface area contributed by atoms with Crippen molar-refractivity contribution >= 4 is 46.4 Å². The van der Waals surface area contributed by atoms with E-state index in [0.717, 1.165) is 32.7 Å². The number of carbonyl (C=O) groups excluding carboxylic acids is 2. The van der Waals surface area contributed by atoms with Crippen LogP contribution in [0.25, 0.3) is 5.57 Å². The normalized spacial score (nSPS) is 14.0. The van der Waals surface area contributed by atoms with Crippen molar-refractivity contribution in [1.82, 2.24) is 0 Å². The van der Waals surface area contributed by atoms with Crippen molar-refractivity contribution in [3.8, 4) is 0 Å². The molecule has 3 nitrogen and oxygen atoms in total. The topological polar surface area (TPSA) is 37.4 Å². The van der Waals surface area contributed by atoms with Crippen LogP contribution in [0.2, 0.25) is 5.02 Å². The number of hydrogen-bond donors (Lipinski definition) is 0. The van der Waals surface area contributed by atoms with Gasteiger partial charge in [-0.2, -0.15) is 0 Å². The lowest BCUT2D eigenvalue weighted by atomic mass is 10.0. The number of hydrogen-bond acceptors (Lipinski definition) is 3. The Hall–Kier alpha value is -2.82. The zero-order valence-electron chi connectivity index (χ0n) is 17.8. The molecular weight excluding hydrogens is 426 g/mol. The smallest absolute Gasteiger partial charge is 0.268 e. The average molecular weight is 448 g/mol. The zero-order valence-corrected chi connectivity index (χ0v) is 19.4. The molecule has 0 unspecified atom stereocenters. The molecular formula is C26H22ClNO2S. The van der Waals surface area contributed by atoms with Gasteiger partial charge in [-0.1, -0.05) is 53.7 Å². The summed E-state index contributed by atoms with van der Waals surface area (Å²) in [6, 6.07) is 19.0. The van der Waals surface area contributed by atoms with Crippen LogP contribution in [0.5, 0.6) is 0 Å². The molecule has 2 amide bonds. The molecule has 0 N–H and O–H groups in total. The van der Waals surface area contributed by atoms with Crippen LogP contribution < -0.4 is 4.90 Å². The van der Waals surface area contributed by atoms with Crippen molar-refractivity contribution < 1.29 is 9.59 Å². The summed E-state index contributed by atoms with van der Waals surface area (Å²) in [5.41, 5.74) is 5.91. The third kappa shape index (κ3) is 4.06. The molecule has 0 spiro atoms. The van der Waals surface area contributed by atoms with Gasteiger partial charge in [0.2, 0.25) is 0 Å². The van der Waals surface area contributed by atoms with Crippen LogP contribution in [0.15, 0.2) is 70.5 Å². The number of benzene rings is 3. The molecule has 1 aliphatic rings. The number of amides is 2. The maximum absolute atomic E-state index is 13.6. The predicted molar refractivity (Wildman–Crippen MR) is 129 cm³/mol. The van der Waals surface area contributed by atoms with Crippen LogP contribution in [0.4, 0.5) is 5.69 Å². The second-order valence-electron chi connectivity index (χ2n) is 7.79. The van der Waals surface area contributed by atoms with E-state index in [1.54, 1.807) is 12.1 Å². The number of carbonyl (C=O) groups is 2. The molecule has 0 bridgehead atoms. The highest BCUT2D eigenvalue weighted by Crippen LogP contribution is 2.42. The largest absolute Gasteiger partial charge is 0.272 e. The van der Waals surface area contributed by atoms with E-state index in [1.807, 2.05) is 76.2 Å². The molecule has 3 aromatic carbocycles. The van der Waals surface area contributed by atoms with E-state index in [-0.39, 0.29) is 11.8 Å². The summed E-state index contributed by atoms with van der Waals surface area (Å²) in [7, 11) is 0. The summed E-state index contributed by atoms with van der Waals surface area (Å²) >= 11 is 7.32. The van der Waals surface area contributed by atoms with Gasteiger partial charge in [-0.15, -0.1) is 0 Å². The van der Waals surface area contributed by atoms with Gasteiger partial charge in [0, 0.05) is 9.92 Å². The van der Waals surface area contributed by atoms with E-state index in [0.29, 0.717) is 21.2 Å². The minimum Gasteiger partial charge on any atom is -0.268 e. The van der Waals surface area contributed by atoms with Gasteiger partial charge in [-0.25, -0.2) is 4.90 Å². The zero-order chi connectivity index (χ0) is 22.3. The van der Waals surface area contributed by atoms with E-state index in [9.17, 15) is 9.59 Å². The number of rotatable bonds is 4. The summed E-state index contributed by atoms with van der Waals surface area (Å²) in [4.78, 5) is 29.8. The van der Waals surface area contributed by atoms with Gasteiger partial charge in [0.05, 0.1) is 16.2 Å². The van der Waals surface area contributed by atoms with Crippen molar-refractivity contribution in [2.75, 3.05) is 4.90 Å². The molecule has 1 aliphatic heterocycles. The predicted octanol–water partition coefficient (Wildman–Crippen LogP) is 6.65. The highest BCUT2D eigenvalue weighted by Gasteiger charge is 2.41. The van der Waals surface area contributed by atoms with Crippen LogP contribution in [-0.4, -0.2) is 11.8 Å². The fraction of sp³-hybridized carbons (Fsp3) is 0.154. The number of halogens is 1. The Morgan fingerprint density at radius 3 is 2.10 bits per heavy atom. The number of imide groups is 1. The third-order valence-corrected chi connectivity index (χ3v) is 6.82. The van der Waals surface area contributed by atoms with Crippen molar-refractivity contribution in [2.24, 2.45) is 0 Å². The maximum Gasteiger partial charge on any atom is 0.272 e. The van der Waals surface area contributed by atoms with Crippen molar-refractivity contribution in [3.05, 3.63) is 98.4 Å². The SMILES string of the molecule is Cc1ccc(C)c(N2C(=O)C(Sc3ccc(Cl)cc3)=C(c3ccc(C)c(C)c3)C2=O)c1. The van der Waals surface area contributed by atoms with Gasteiger partial charge in [-0.3, -0.25) is 9.59 Å². The highest BCUT2D eigenvalue weighted by molar-refractivity contribution is 8.04. The molecule has 0 radical (unpaired) electrons. The van der Waals surface area contributed by atoms with E-state index < -0.39 is 0 Å². The summed E-state index contributed by atoms with van der Waals surface area (Å²) in [5.74, 6) is -0.592. The van der Waals surface area contributed by atoms with E-state index in [1.165, 1.54) is 16.7 Å². The third-order valence-electron chi connectivity index (χ3n) is 5.48. The van der Waals surface area contributed by atoms with Gasteiger partial charge in [0.15, 0.2) is 0 Å². The Balaban J connectivity index is 1.87. The monoisotopic (exact) mass is 447 g/mol. The first kappa shape index (κ1) is 21.4. The Kier molecular flexibility index (Phi) is 5.78. The number of nitrogens with zero attached hydrogens (tertiary/aromatic N) is 1. The van der Waals surface area contributed by atoms with Crippen LogP contribution in [0.1, 0.15) is 27.8 Å². The molecule has 4 rings (SSSR count). The lowest BCUT2D eigenvalue weighted by Gasteiger charge is -2.18. The van der Waals surface area contributed by atoms with Crippen molar-refractivity contribution in [3.63, 3.8) is 0 Å².